The van der Waals surface area contributed by atoms with Crippen molar-refractivity contribution < 1.29 is 13.9 Å². The summed E-state index contributed by atoms with van der Waals surface area (Å²) in [5.74, 6) is 0.364. The van der Waals surface area contributed by atoms with Crippen LogP contribution < -0.4 is 5.73 Å². The Hall–Kier alpha value is -1.07. The van der Waals surface area contributed by atoms with Gasteiger partial charge in [-0.2, -0.15) is 0 Å². The van der Waals surface area contributed by atoms with Gasteiger partial charge in [0.05, 0.1) is 13.5 Å². The van der Waals surface area contributed by atoms with E-state index in [4.69, 9.17) is 10.5 Å². The van der Waals surface area contributed by atoms with Gasteiger partial charge in [-0.05, 0) is 37.3 Å². The molecule has 0 bridgehead atoms. The normalized spacial score (nSPS) is 17.6. The van der Waals surface area contributed by atoms with Crippen molar-refractivity contribution in [3.63, 3.8) is 0 Å². The lowest BCUT2D eigenvalue weighted by molar-refractivity contribution is -0.141. The van der Waals surface area contributed by atoms with Crippen LogP contribution in [0.3, 0.4) is 0 Å². The topological polar surface area (TPSA) is 52.3 Å². The highest BCUT2D eigenvalue weighted by atomic mass is 32.2. The molecule has 110 valence electrons. The van der Waals surface area contributed by atoms with Crippen molar-refractivity contribution in [3.05, 3.63) is 29.6 Å². The number of hydrogen-bond donors (Lipinski definition) is 1. The Bertz CT molecular complexity index is 501. The first-order chi connectivity index (χ1) is 9.47. The fourth-order valence-corrected chi connectivity index (χ4v) is 3.71. The molecule has 1 fully saturated rings. The molecule has 2 N–H and O–H groups in total. The highest BCUT2D eigenvalue weighted by molar-refractivity contribution is 7.99. The quantitative estimate of drug-likeness (QED) is 0.646. The molecule has 1 saturated carbocycles. The summed E-state index contributed by atoms with van der Waals surface area (Å²) in [6, 6.07) is 4.68. The molecule has 0 aromatic heterocycles. The van der Waals surface area contributed by atoms with E-state index in [-0.39, 0.29) is 23.2 Å². The lowest BCUT2D eigenvalue weighted by atomic mass is 10.1. The lowest BCUT2D eigenvalue weighted by Gasteiger charge is -2.17. The Morgan fingerprint density at radius 2 is 2.25 bits per heavy atom. The maximum Gasteiger partial charge on any atom is 0.306 e. The highest BCUT2D eigenvalue weighted by Crippen LogP contribution is 2.52. The fourth-order valence-electron chi connectivity index (χ4n) is 2.24. The van der Waals surface area contributed by atoms with Gasteiger partial charge in [-0.15, -0.1) is 11.8 Å². The van der Waals surface area contributed by atoms with E-state index in [1.165, 1.54) is 13.2 Å². The molecule has 20 heavy (non-hydrogen) atoms. The maximum atomic E-state index is 13.8. The Labute approximate surface area is 123 Å². The van der Waals surface area contributed by atoms with Crippen molar-refractivity contribution in [2.75, 3.05) is 12.9 Å². The Morgan fingerprint density at radius 1 is 1.55 bits per heavy atom. The number of halogens is 1. The molecule has 0 radical (unpaired) electrons. The number of methoxy groups -OCH3 is 1. The largest absolute Gasteiger partial charge is 0.469 e. The molecule has 0 aliphatic heterocycles. The minimum absolute atomic E-state index is 0.0270. The molecular formula is C15H20FNO2S. The van der Waals surface area contributed by atoms with Crippen LogP contribution in [-0.4, -0.2) is 18.8 Å². The van der Waals surface area contributed by atoms with Crippen molar-refractivity contribution in [2.24, 2.45) is 11.1 Å². The van der Waals surface area contributed by atoms with Crippen molar-refractivity contribution >= 4 is 17.7 Å². The number of benzene rings is 1. The molecule has 2 rings (SSSR count). The van der Waals surface area contributed by atoms with Crippen LogP contribution in [0.4, 0.5) is 4.39 Å². The van der Waals surface area contributed by atoms with E-state index in [0.717, 1.165) is 23.5 Å². The third-order valence-corrected chi connectivity index (χ3v) is 5.13. The predicted octanol–water partition coefficient (Wildman–Crippen LogP) is 3.28. The number of nitrogens with two attached hydrogens (primary N) is 1. The summed E-state index contributed by atoms with van der Waals surface area (Å²) < 4.78 is 18.6. The summed E-state index contributed by atoms with van der Waals surface area (Å²) in [5, 5.41) is 0. The van der Waals surface area contributed by atoms with Gasteiger partial charge in [-0.25, -0.2) is 4.39 Å². The van der Waals surface area contributed by atoms with Gasteiger partial charge in [0.25, 0.3) is 0 Å². The van der Waals surface area contributed by atoms with Gasteiger partial charge in [-0.3, -0.25) is 4.79 Å². The maximum absolute atomic E-state index is 13.8. The fraction of sp³-hybridized carbons (Fsp3) is 0.533. The van der Waals surface area contributed by atoms with Crippen LogP contribution in [0.1, 0.15) is 37.8 Å². The summed E-state index contributed by atoms with van der Waals surface area (Å²) in [4.78, 5) is 12.3. The summed E-state index contributed by atoms with van der Waals surface area (Å²) in [7, 11) is 1.41. The predicted molar refractivity (Wildman–Crippen MR) is 78.0 cm³/mol. The average Bonchev–Trinajstić information content (AvgIpc) is 3.16. The molecule has 0 amide bonds. The molecule has 0 saturated heterocycles. The van der Waals surface area contributed by atoms with Crippen molar-refractivity contribution in [2.45, 2.75) is 37.1 Å². The summed E-state index contributed by atoms with van der Waals surface area (Å²) >= 11 is 1.58. The molecule has 0 heterocycles. The molecule has 1 atom stereocenters. The zero-order valence-corrected chi connectivity index (χ0v) is 12.6. The Balaban J connectivity index is 2.05. The van der Waals surface area contributed by atoms with Crippen LogP contribution in [0, 0.1) is 11.2 Å². The third kappa shape index (κ3) is 3.52. The zero-order chi connectivity index (χ0) is 14.8. The molecule has 1 aromatic carbocycles. The molecule has 1 aromatic rings. The van der Waals surface area contributed by atoms with Crippen LogP contribution >= 0.6 is 11.8 Å². The van der Waals surface area contributed by atoms with Crippen molar-refractivity contribution in [1.29, 1.82) is 0 Å². The Kier molecular flexibility index (Phi) is 4.70. The number of rotatable bonds is 6. The number of esters is 1. The molecular weight excluding hydrogens is 277 g/mol. The first kappa shape index (κ1) is 15.3. The zero-order valence-electron chi connectivity index (χ0n) is 11.8. The minimum atomic E-state index is -0.338. The number of hydrogen-bond acceptors (Lipinski definition) is 4. The lowest BCUT2D eigenvalue weighted by Crippen LogP contribution is -2.14. The average molecular weight is 297 g/mol. The second-order valence-corrected chi connectivity index (χ2v) is 6.50. The van der Waals surface area contributed by atoms with Gasteiger partial charge in [0.1, 0.15) is 5.82 Å². The van der Waals surface area contributed by atoms with Crippen molar-refractivity contribution in [1.82, 2.24) is 0 Å². The molecule has 0 spiro atoms. The SMILES string of the molecule is COC(=O)CC1(CSc2cccc(F)c2[C@H](C)N)CC1. The monoisotopic (exact) mass is 297 g/mol. The summed E-state index contributed by atoms with van der Waals surface area (Å²) in [5.41, 5.74) is 6.43. The first-order valence-electron chi connectivity index (χ1n) is 6.71. The molecule has 3 nitrogen and oxygen atoms in total. The first-order valence-corrected chi connectivity index (χ1v) is 7.70. The van der Waals surface area contributed by atoms with Crippen molar-refractivity contribution in [3.8, 4) is 0 Å². The molecule has 1 aliphatic carbocycles. The van der Waals surface area contributed by atoms with Crippen LogP contribution in [0.15, 0.2) is 23.1 Å². The molecule has 1 aliphatic rings. The summed E-state index contributed by atoms with van der Waals surface area (Å²) in [6.45, 7) is 1.78. The van der Waals surface area contributed by atoms with E-state index < -0.39 is 0 Å². The number of thioether (sulfide) groups is 1. The smallest absolute Gasteiger partial charge is 0.306 e. The number of carbonyl (C=O) groups is 1. The second kappa shape index (κ2) is 6.14. The highest BCUT2D eigenvalue weighted by Gasteiger charge is 2.44. The van der Waals surface area contributed by atoms with Gasteiger partial charge in [0.15, 0.2) is 0 Å². The van der Waals surface area contributed by atoms with Gasteiger partial charge in [-0.1, -0.05) is 6.07 Å². The van der Waals surface area contributed by atoms with Crippen LogP contribution in [0.5, 0.6) is 0 Å². The van der Waals surface area contributed by atoms with E-state index in [0.29, 0.717) is 12.0 Å². The van der Waals surface area contributed by atoms with Gasteiger partial charge in [0, 0.05) is 22.3 Å². The van der Waals surface area contributed by atoms with Gasteiger partial charge >= 0.3 is 5.97 Å². The second-order valence-electron chi connectivity index (χ2n) is 5.48. The van der Waals surface area contributed by atoms with Gasteiger partial charge < -0.3 is 10.5 Å². The van der Waals surface area contributed by atoms with E-state index in [1.807, 2.05) is 6.07 Å². The van der Waals surface area contributed by atoms with Gasteiger partial charge in [0.2, 0.25) is 0 Å². The summed E-state index contributed by atoms with van der Waals surface area (Å²) in [6.07, 6.45) is 2.50. The van der Waals surface area contributed by atoms with E-state index in [9.17, 15) is 9.18 Å². The molecule has 0 unspecified atom stereocenters. The van der Waals surface area contributed by atoms with Crippen LogP contribution in [-0.2, 0) is 9.53 Å². The Morgan fingerprint density at radius 3 is 2.80 bits per heavy atom. The van der Waals surface area contributed by atoms with Crippen LogP contribution in [0.2, 0.25) is 0 Å². The standard InChI is InChI=1S/C15H20FNO2S/c1-10(17)14-11(16)4-3-5-12(14)20-9-15(6-7-15)8-13(18)19-2/h3-5,10H,6-9,17H2,1-2H3/t10-/m0/s1. The third-order valence-electron chi connectivity index (χ3n) is 3.71. The van der Waals surface area contributed by atoms with E-state index in [1.54, 1.807) is 24.8 Å². The van der Waals surface area contributed by atoms with Crippen LogP contribution in [0.25, 0.3) is 0 Å². The van der Waals surface area contributed by atoms with E-state index >= 15 is 0 Å². The number of carbonyl (C=O) groups excluding carboxylic acids is 1. The van der Waals surface area contributed by atoms with E-state index in [2.05, 4.69) is 0 Å². The molecule has 5 heteroatoms. The minimum Gasteiger partial charge on any atom is -0.469 e. The number of ether oxygens (including phenoxy) is 1.